The summed E-state index contributed by atoms with van der Waals surface area (Å²) in [7, 11) is 0. The minimum absolute atomic E-state index is 0.181. The predicted molar refractivity (Wildman–Crippen MR) is 150 cm³/mol. The molecule has 3 amide bonds. The van der Waals surface area contributed by atoms with Gasteiger partial charge in [-0.2, -0.15) is 0 Å². The first kappa shape index (κ1) is 26.8. The molecule has 184 valence electrons. The lowest BCUT2D eigenvalue weighted by Crippen LogP contribution is -2.36. The van der Waals surface area contributed by atoms with E-state index in [1.807, 2.05) is 24.3 Å². The first-order valence-electron chi connectivity index (χ1n) is 10.4. The molecule has 0 spiro atoms. The normalized spacial score (nSPS) is 14.4. The van der Waals surface area contributed by atoms with Gasteiger partial charge in [0.2, 0.25) is 5.91 Å². The molecule has 11 heteroatoms. The fraction of sp³-hybridized carbons (Fsp3) is 0.0800. The number of nitrogens with zero attached hydrogens (tertiary/aromatic N) is 1. The molecule has 0 aromatic heterocycles. The zero-order valence-corrected chi connectivity index (χ0v) is 23.8. The molecule has 4 rings (SSSR count). The number of nitrogens with one attached hydrogen (secondary N) is 1. The van der Waals surface area contributed by atoms with E-state index in [2.05, 4.69) is 37.2 Å². The zero-order valence-electron chi connectivity index (χ0n) is 18.3. The number of carbonyl (C=O) groups is 3. The predicted octanol–water partition coefficient (Wildman–Crippen LogP) is 7.77. The summed E-state index contributed by atoms with van der Waals surface area (Å²) in [5.41, 5.74) is 1.85. The van der Waals surface area contributed by atoms with Crippen molar-refractivity contribution in [2.75, 3.05) is 11.9 Å². The number of ether oxygens (including phenoxy) is 1. The van der Waals surface area contributed by atoms with Gasteiger partial charge in [-0.3, -0.25) is 19.3 Å². The Bertz CT molecular complexity index is 1400. The number of anilines is 1. The highest BCUT2D eigenvalue weighted by Crippen LogP contribution is 2.35. The molecule has 0 aliphatic carbocycles. The number of amides is 3. The average Bonchev–Trinajstić information content (AvgIpc) is 3.09. The monoisotopic (exact) mass is 668 g/mol. The smallest absolute Gasteiger partial charge is 0.294 e. The van der Waals surface area contributed by atoms with Crippen LogP contribution >= 0.6 is 66.8 Å². The molecule has 1 heterocycles. The molecule has 0 bridgehead atoms. The van der Waals surface area contributed by atoms with Gasteiger partial charge in [-0.05, 0) is 76.2 Å². The van der Waals surface area contributed by atoms with Crippen LogP contribution in [-0.4, -0.2) is 28.5 Å². The van der Waals surface area contributed by atoms with E-state index in [1.165, 1.54) is 0 Å². The van der Waals surface area contributed by atoms with Crippen LogP contribution in [0.15, 0.2) is 74.5 Å². The van der Waals surface area contributed by atoms with Gasteiger partial charge < -0.3 is 10.1 Å². The van der Waals surface area contributed by atoms with E-state index in [1.54, 1.807) is 42.5 Å². The first-order valence-corrected chi connectivity index (χ1v) is 13.5. The van der Waals surface area contributed by atoms with E-state index in [9.17, 15) is 14.4 Å². The highest BCUT2D eigenvalue weighted by Gasteiger charge is 2.36. The maximum absolute atomic E-state index is 13.0. The van der Waals surface area contributed by atoms with Crippen molar-refractivity contribution in [1.29, 1.82) is 0 Å². The van der Waals surface area contributed by atoms with Crippen LogP contribution < -0.4 is 10.1 Å². The van der Waals surface area contributed by atoms with Gasteiger partial charge in [0, 0.05) is 30.8 Å². The molecule has 36 heavy (non-hydrogen) atoms. The van der Waals surface area contributed by atoms with Crippen LogP contribution in [0.4, 0.5) is 10.5 Å². The highest BCUT2D eigenvalue weighted by atomic mass is 79.9. The average molecular weight is 671 g/mol. The lowest BCUT2D eigenvalue weighted by Gasteiger charge is -2.13. The summed E-state index contributed by atoms with van der Waals surface area (Å²) in [6.45, 7) is -0.200. The van der Waals surface area contributed by atoms with Crippen LogP contribution in [0.3, 0.4) is 0 Å². The maximum Gasteiger partial charge on any atom is 0.294 e. The minimum Gasteiger partial charge on any atom is -0.488 e. The van der Waals surface area contributed by atoms with Gasteiger partial charge in [0.25, 0.3) is 11.1 Å². The van der Waals surface area contributed by atoms with E-state index in [-0.39, 0.29) is 11.5 Å². The third-order valence-corrected chi connectivity index (χ3v) is 7.98. The van der Waals surface area contributed by atoms with Gasteiger partial charge in [-0.1, -0.05) is 57.3 Å². The van der Waals surface area contributed by atoms with E-state index in [0.29, 0.717) is 31.5 Å². The Balaban J connectivity index is 1.48. The number of halogens is 4. The largest absolute Gasteiger partial charge is 0.488 e. The Morgan fingerprint density at radius 3 is 2.56 bits per heavy atom. The van der Waals surface area contributed by atoms with Crippen molar-refractivity contribution in [2.24, 2.45) is 0 Å². The molecule has 3 aromatic carbocycles. The summed E-state index contributed by atoms with van der Waals surface area (Å²) >= 11 is 19.7. The maximum atomic E-state index is 13.0. The zero-order chi connectivity index (χ0) is 25.8. The summed E-state index contributed by atoms with van der Waals surface area (Å²) < 4.78 is 7.41. The topological polar surface area (TPSA) is 75.7 Å². The molecule has 3 aromatic rings. The van der Waals surface area contributed by atoms with Crippen molar-refractivity contribution in [3.63, 3.8) is 0 Å². The Labute approximate surface area is 238 Å². The lowest BCUT2D eigenvalue weighted by atomic mass is 10.1. The third-order valence-electron chi connectivity index (χ3n) is 4.98. The molecule has 1 fully saturated rings. The summed E-state index contributed by atoms with van der Waals surface area (Å²) in [4.78, 5) is 39.1. The second-order valence-electron chi connectivity index (χ2n) is 7.51. The summed E-state index contributed by atoms with van der Waals surface area (Å²) in [6, 6.07) is 17.6. The van der Waals surface area contributed by atoms with Crippen LogP contribution in [0, 0.1) is 0 Å². The van der Waals surface area contributed by atoms with Crippen molar-refractivity contribution < 1.29 is 19.1 Å². The molecular formula is C25H16Br2Cl2N2O4S. The molecule has 0 unspecified atom stereocenters. The van der Waals surface area contributed by atoms with Crippen LogP contribution in [-0.2, 0) is 16.2 Å². The first-order chi connectivity index (χ1) is 17.2. The Morgan fingerprint density at radius 2 is 1.81 bits per heavy atom. The Hall–Kier alpha value is -2.30. The standard InChI is InChI=1S/C25H16Br2Cl2N2O4S/c26-16-5-8-21(35-13-14-3-1-2-4-19(14)28)15(9-16)10-22-24(33)31(25(34)36-22)12-23(32)30-17-6-7-18(27)20(29)11-17/h1-11H,12-13H2,(H,30,32)/b22-10+. The summed E-state index contributed by atoms with van der Waals surface area (Å²) in [6.07, 6.45) is 1.57. The fourth-order valence-corrected chi connectivity index (χ4v) is 5.06. The van der Waals surface area contributed by atoms with Crippen LogP contribution in [0.5, 0.6) is 5.75 Å². The van der Waals surface area contributed by atoms with E-state index < -0.39 is 23.6 Å². The quantitative estimate of drug-likeness (QED) is 0.260. The highest BCUT2D eigenvalue weighted by molar-refractivity contribution is 9.10. The molecule has 0 radical (unpaired) electrons. The molecule has 0 atom stereocenters. The molecule has 1 N–H and O–H groups in total. The number of benzene rings is 3. The number of hydrogen-bond acceptors (Lipinski definition) is 5. The van der Waals surface area contributed by atoms with Gasteiger partial charge in [-0.15, -0.1) is 0 Å². The number of imide groups is 1. The van der Waals surface area contributed by atoms with Crippen molar-refractivity contribution in [3.05, 3.63) is 95.7 Å². The van der Waals surface area contributed by atoms with Gasteiger partial charge in [-0.25, -0.2) is 0 Å². The number of carbonyl (C=O) groups excluding carboxylic acids is 3. The number of hydrogen-bond donors (Lipinski definition) is 1. The number of rotatable bonds is 7. The van der Waals surface area contributed by atoms with Gasteiger partial charge in [0.1, 0.15) is 18.9 Å². The van der Waals surface area contributed by atoms with E-state index in [4.69, 9.17) is 27.9 Å². The molecule has 1 saturated heterocycles. The second-order valence-corrected chi connectivity index (χ2v) is 11.1. The van der Waals surface area contributed by atoms with Crippen molar-refractivity contribution in [3.8, 4) is 5.75 Å². The fourth-order valence-electron chi connectivity index (χ4n) is 3.23. The summed E-state index contributed by atoms with van der Waals surface area (Å²) in [5, 5.41) is 3.11. The Morgan fingerprint density at radius 1 is 1.03 bits per heavy atom. The van der Waals surface area contributed by atoms with Gasteiger partial charge in [0.05, 0.1) is 9.93 Å². The van der Waals surface area contributed by atoms with Crippen LogP contribution in [0.2, 0.25) is 10.0 Å². The molecule has 1 aliphatic heterocycles. The van der Waals surface area contributed by atoms with Gasteiger partial charge >= 0.3 is 0 Å². The molecule has 1 aliphatic rings. The lowest BCUT2D eigenvalue weighted by molar-refractivity contribution is -0.127. The SMILES string of the molecule is O=C(CN1C(=O)S/C(=C/c2cc(Br)ccc2OCc2ccccc2Cl)C1=O)Nc1ccc(Br)c(Cl)c1. The van der Waals surface area contributed by atoms with E-state index >= 15 is 0 Å². The molecular weight excluding hydrogens is 655 g/mol. The van der Waals surface area contributed by atoms with Crippen LogP contribution in [0.1, 0.15) is 11.1 Å². The van der Waals surface area contributed by atoms with E-state index in [0.717, 1.165) is 26.7 Å². The Kier molecular flexibility index (Phi) is 8.79. The molecule has 0 saturated carbocycles. The molecule has 6 nitrogen and oxygen atoms in total. The van der Waals surface area contributed by atoms with Crippen molar-refractivity contribution in [2.45, 2.75) is 6.61 Å². The van der Waals surface area contributed by atoms with Crippen molar-refractivity contribution >= 4 is 95.6 Å². The second kappa shape index (κ2) is 11.8. The van der Waals surface area contributed by atoms with Gasteiger partial charge in [0.15, 0.2) is 0 Å². The third kappa shape index (κ3) is 6.52. The van der Waals surface area contributed by atoms with Crippen molar-refractivity contribution in [1.82, 2.24) is 4.90 Å². The van der Waals surface area contributed by atoms with Crippen LogP contribution in [0.25, 0.3) is 6.08 Å². The summed E-state index contributed by atoms with van der Waals surface area (Å²) in [5.74, 6) is -0.580. The number of thioether (sulfide) groups is 1. The minimum atomic E-state index is -0.564.